The fourth-order valence-corrected chi connectivity index (χ4v) is 2.10. The minimum absolute atomic E-state index is 0.0391. The number of ketones is 1. The van der Waals surface area contributed by atoms with Gasteiger partial charge in [-0.05, 0) is 45.0 Å². The number of benzene rings is 2. The summed E-state index contributed by atoms with van der Waals surface area (Å²) in [6, 6.07) is 16.0. The largest absolute Gasteiger partial charge is 0.481 e. The minimum atomic E-state index is -0.590. The number of hydrogen-bond donors (Lipinski definition) is 1. The first-order valence-electron chi connectivity index (χ1n) is 7.64. The molecule has 2 rings (SSSR count). The number of hydrogen-bond acceptors (Lipinski definition) is 3. The van der Waals surface area contributed by atoms with Crippen molar-refractivity contribution in [2.75, 3.05) is 0 Å². The molecule has 1 amide bonds. The predicted octanol–water partition coefficient (Wildman–Crippen LogP) is 3.21. The van der Waals surface area contributed by atoms with Gasteiger partial charge < -0.3 is 10.1 Å². The van der Waals surface area contributed by atoms with Crippen molar-refractivity contribution in [3.8, 4) is 5.75 Å². The van der Waals surface area contributed by atoms with Gasteiger partial charge in [0.1, 0.15) is 5.75 Å². The van der Waals surface area contributed by atoms with Gasteiger partial charge in [0.2, 0.25) is 0 Å². The molecule has 2 aromatic rings. The molecule has 4 heteroatoms. The molecule has 0 spiro atoms. The summed E-state index contributed by atoms with van der Waals surface area (Å²) in [5, 5.41) is 2.80. The van der Waals surface area contributed by atoms with Crippen LogP contribution in [0.4, 0.5) is 0 Å². The molecule has 120 valence electrons. The standard InChI is InChI=1S/C19H21NO3/c1-13(2)20-19(22)14(3)23-17-11-9-16(10-12-17)18(21)15-7-5-4-6-8-15/h4-14H,1-3H3,(H,20,22)/t14-/m1/s1. The van der Waals surface area contributed by atoms with Gasteiger partial charge in [0.05, 0.1) is 0 Å². The van der Waals surface area contributed by atoms with Crippen LogP contribution in [0, 0.1) is 0 Å². The van der Waals surface area contributed by atoms with E-state index in [1.165, 1.54) is 0 Å². The Balaban J connectivity index is 2.02. The topological polar surface area (TPSA) is 55.4 Å². The van der Waals surface area contributed by atoms with Gasteiger partial charge in [0, 0.05) is 17.2 Å². The maximum absolute atomic E-state index is 12.3. The minimum Gasteiger partial charge on any atom is -0.481 e. The third-order valence-corrected chi connectivity index (χ3v) is 3.27. The van der Waals surface area contributed by atoms with E-state index in [2.05, 4.69) is 5.32 Å². The highest BCUT2D eigenvalue weighted by Gasteiger charge is 2.15. The van der Waals surface area contributed by atoms with Crippen LogP contribution in [0.2, 0.25) is 0 Å². The summed E-state index contributed by atoms with van der Waals surface area (Å²) in [7, 11) is 0. The molecule has 1 N–H and O–H groups in total. The molecule has 0 fully saturated rings. The van der Waals surface area contributed by atoms with Crippen LogP contribution in [-0.4, -0.2) is 23.8 Å². The number of carbonyl (C=O) groups excluding carboxylic acids is 2. The van der Waals surface area contributed by atoms with Crippen molar-refractivity contribution < 1.29 is 14.3 Å². The molecule has 0 bridgehead atoms. The van der Waals surface area contributed by atoms with Gasteiger partial charge >= 0.3 is 0 Å². The molecule has 23 heavy (non-hydrogen) atoms. The number of nitrogens with one attached hydrogen (secondary N) is 1. The fraction of sp³-hybridized carbons (Fsp3) is 0.263. The van der Waals surface area contributed by atoms with Crippen molar-refractivity contribution in [2.24, 2.45) is 0 Å². The first kappa shape index (κ1) is 16.7. The quantitative estimate of drug-likeness (QED) is 0.833. The van der Waals surface area contributed by atoms with Gasteiger partial charge in [-0.25, -0.2) is 0 Å². The maximum Gasteiger partial charge on any atom is 0.260 e. The van der Waals surface area contributed by atoms with Crippen LogP contribution in [0.3, 0.4) is 0 Å². The van der Waals surface area contributed by atoms with E-state index < -0.39 is 6.10 Å². The molecule has 0 saturated heterocycles. The molecular weight excluding hydrogens is 290 g/mol. The summed E-state index contributed by atoms with van der Waals surface area (Å²) < 4.78 is 5.59. The molecule has 2 aromatic carbocycles. The van der Waals surface area contributed by atoms with Crippen LogP contribution in [0.1, 0.15) is 36.7 Å². The first-order chi connectivity index (χ1) is 11.0. The van der Waals surface area contributed by atoms with E-state index in [9.17, 15) is 9.59 Å². The zero-order valence-electron chi connectivity index (χ0n) is 13.6. The van der Waals surface area contributed by atoms with Crippen LogP contribution >= 0.6 is 0 Å². The lowest BCUT2D eigenvalue weighted by molar-refractivity contribution is -0.127. The van der Waals surface area contributed by atoms with Crippen LogP contribution in [0.25, 0.3) is 0 Å². The van der Waals surface area contributed by atoms with E-state index in [1.54, 1.807) is 43.3 Å². The lowest BCUT2D eigenvalue weighted by atomic mass is 10.0. The Kier molecular flexibility index (Phi) is 5.52. The summed E-state index contributed by atoms with van der Waals surface area (Å²) in [6.45, 7) is 5.49. The molecule has 0 radical (unpaired) electrons. The number of rotatable bonds is 6. The number of amides is 1. The highest BCUT2D eigenvalue weighted by Crippen LogP contribution is 2.16. The van der Waals surface area contributed by atoms with Gasteiger partial charge in [-0.15, -0.1) is 0 Å². The molecule has 1 atom stereocenters. The van der Waals surface area contributed by atoms with Gasteiger partial charge in [-0.2, -0.15) is 0 Å². The van der Waals surface area contributed by atoms with Crippen molar-refractivity contribution in [3.63, 3.8) is 0 Å². The molecule has 0 heterocycles. The van der Waals surface area contributed by atoms with Gasteiger partial charge in [-0.3, -0.25) is 9.59 Å². The van der Waals surface area contributed by atoms with Crippen LogP contribution in [-0.2, 0) is 4.79 Å². The Morgan fingerprint density at radius 1 is 0.870 bits per heavy atom. The Bertz CT molecular complexity index is 663. The van der Waals surface area contributed by atoms with Crippen molar-refractivity contribution in [1.82, 2.24) is 5.32 Å². The molecule has 0 saturated carbocycles. The van der Waals surface area contributed by atoms with Crippen LogP contribution < -0.4 is 10.1 Å². The van der Waals surface area contributed by atoms with E-state index in [-0.39, 0.29) is 17.7 Å². The Morgan fingerprint density at radius 2 is 1.43 bits per heavy atom. The average molecular weight is 311 g/mol. The second-order valence-corrected chi connectivity index (χ2v) is 5.64. The second kappa shape index (κ2) is 7.58. The van der Waals surface area contributed by atoms with Gasteiger partial charge in [0.25, 0.3) is 5.91 Å². The number of ether oxygens (including phenoxy) is 1. The molecule has 0 aliphatic rings. The molecular formula is C19H21NO3. The first-order valence-corrected chi connectivity index (χ1v) is 7.64. The maximum atomic E-state index is 12.3. The third-order valence-electron chi connectivity index (χ3n) is 3.27. The smallest absolute Gasteiger partial charge is 0.260 e. The lowest BCUT2D eigenvalue weighted by Crippen LogP contribution is -2.40. The molecule has 4 nitrogen and oxygen atoms in total. The van der Waals surface area contributed by atoms with E-state index in [0.717, 1.165) is 0 Å². The molecule has 0 aliphatic carbocycles. The summed E-state index contributed by atoms with van der Waals surface area (Å²) in [4.78, 5) is 24.1. The molecule has 0 aromatic heterocycles. The van der Waals surface area contributed by atoms with E-state index in [1.807, 2.05) is 32.0 Å². The SMILES string of the molecule is CC(C)NC(=O)[C@@H](C)Oc1ccc(C(=O)c2ccccc2)cc1. The van der Waals surface area contributed by atoms with Crippen molar-refractivity contribution in [1.29, 1.82) is 0 Å². The normalized spacial score (nSPS) is 11.8. The third kappa shape index (κ3) is 4.68. The van der Waals surface area contributed by atoms with E-state index >= 15 is 0 Å². The summed E-state index contributed by atoms with van der Waals surface area (Å²) in [6.07, 6.45) is -0.590. The highest BCUT2D eigenvalue weighted by molar-refractivity contribution is 6.08. The zero-order valence-corrected chi connectivity index (χ0v) is 13.6. The van der Waals surface area contributed by atoms with Crippen molar-refractivity contribution >= 4 is 11.7 Å². The Hall–Kier alpha value is -2.62. The van der Waals surface area contributed by atoms with Crippen LogP contribution in [0.5, 0.6) is 5.75 Å². The highest BCUT2D eigenvalue weighted by atomic mass is 16.5. The predicted molar refractivity (Wildman–Crippen MR) is 89.7 cm³/mol. The van der Waals surface area contributed by atoms with Crippen molar-refractivity contribution in [3.05, 3.63) is 65.7 Å². The van der Waals surface area contributed by atoms with Crippen molar-refractivity contribution in [2.45, 2.75) is 32.9 Å². The summed E-state index contributed by atoms with van der Waals surface area (Å²) >= 11 is 0. The summed E-state index contributed by atoms with van der Waals surface area (Å²) in [5.41, 5.74) is 1.23. The molecule has 0 unspecified atom stereocenters. The zero-order chi connectivity index (χ0) is 16.8. The van der Waals surface area contributed by atoms with Gasteiger partial charge in [0.15, 0.2) is 11.9 Å². The molecule has 0 aliphatic heterocycles. The fourth-order valence-electron chi connectivity index (χ4n) is 2.10. The average Bonchev–Trinajstić information content (AvgIpc) is 2.55. The Morgan fingerprint density at radius 3 is 2.00 bits per heavy atom. The van der Waals surface area contributed by atoms with E-state index in [0.29, 0.717) is 16.9 Å². The van der Waals surface area contributed by atoms with Crippen LogP contribution in [0.15, 0.2) is 54.6 Å². The van der Waals surface area contributed by atoms with E-state index in [4.69, 9.17) is 4.74 Å². The number of carbonyl (C=O) groups is 2. The monoisotopic (exact) mass is 311 g/mol. The van der Waals surface area contributed by atoms with Gasteiger partial charge in [-0.1, -0.05) is 30.3 Å². The lowest BCUT2D eigenvalue weighted by Gasteiger charge is -2.16. The summed E-state index contributed by atoms with van der Waals surface area (Å²) in [5.74, 6) is 0.355. The Labute approximate surface area is 136 Å². The second-order valence-electron chi connectivity index (χ2n) is 5.64.